The fourth-order valence-electron chi connectivity index (χ4n) is 3.20. The van der Waals surface area contributed by atoms with Gasteiger partial charge in [-0.1, -0.05) is 76.7 Å². The van der Waals surface area contributed by atoms with Gasteiger partial charge in [0.25, 0.3) is 0 Å². The minimum atomic E-state index is -9.56. The van der Waals surface area contributed by atoms with E-state index >= 15 is 0 Å². The maximum Gasteiger partial charge on any atom is 0.310 e. The second kappa shape index (κ2) is 6.36. The van der Waals surface area contributed by atoms with Crippen molar-refractivity contribution in [1.82, 2.24) is 0 Å². The Balaban J connectivity index is 1.98. The van der Waals surface area contributed by atoms with Crippen LogP contribution < -0.4 is 0 Å². The topological polar surface area (TPSA) is 0 Å². The Morgan fingerprint density at radius 3 is 2.12 bits per heavy atom. The van der Waals surface area contributed by atoms with Crippen molar-refractivity contribution in [3.8, 4) is 0 Å². The van der Waals surface area contributed by atoms with Crippen LogP contribution in [-0.2, 0) is 0 Å². The summed E-state index contributed by atoms with van der Waals surface area (Å²) in [5, 5.41) is 0. The number of halogens is 5. The minimum absolute atomic E-state index is 0.508. The van der Waals surface area contributed by atoms with Gasteiger partial charge < -0.3 is 0 Å². The van der Waals surface area contributed by atoms with Crippen LogP contribution >= 0.6 is 10.2 Å². The van der Waals surface area contributed by atoms with Crippen LogP contribution in [0, 0.1) is 5.92 Å². The summed E-state index contributed by atoms with van der Waals surface area (Å²) in [6, 6.07) is 3.35. The normalized spacial score (nSPS) is 21.8. The lowest BCUT2D eigenvalue weighted by molar-refractivity contribution is 0.364. The lowest BCUT2D eigenvalue weighted by Crippen LogP contribution is -2.07. The Labute approximate surface area is 140 Å². The number of unbranched alkanes of at least 4 members (excludes halogenated alkanes) is 3. The predicted octanol–water partition coefficient (Wildman–Crippen LogP) is 8.50. The van der Waals surface area contributed by atoms with Crippen LogP contribution in [0.4, 0.5) is 19.4 Å². The minimum Gasteiger partial charge on any atom is -0.0936 e. The smallest absolute Gasteiger partial charge is 0.0936 e. The third-order valence-electron chi connectivity index (χ3n) is 4.66. The van der Waals surface area contributed by atoms with Crippen molar-refractivity contribution < 1.29 is 19.4 Å². The van der Waals surface area contributed by atoms with Crippen LogP contribution in [0.1, 0.15) is 63.9 Å². The zero-order valence-electron chi connectivity index (χ0n) is 13.9. The maximum atomic E-state index is 12.7. The Morgan fingerprint density at radius 1 is 0.958 bits per heavy atom. The Morgan fingerprint density at radius 2 is 1.62 bits per heavy atom. The van der Waals surface area contributed by atoms with E-state index in [9.17, 15) is 19.4 Å². The quantitative estimate of drug-likeness (QED) is 0.334. The fourth-order valence-corrected chi connectivity index (χ4v) is 3.85. The molecule has 0 N–H and O–H groups in total. The van der Waals surface area contributed by atoms with Crippen molar-refractivity contribution in [2.75, 3.05) is 0 Å². The van der Waals surface area contributed by atoms with Gasteiger partial charge in [-0.3, -0.25) is 0 Å². The van der Waals surface area contributed by atoms with E-state index in [2.05, 4.69) is 13.0 Å². The average molecular weight is 368 g/mol. The van der Waals surface area contributed by atoms with Crippen molar-refractivity contribution in [1.29, 1.82) is 0 Å². The van der Waals surface area contributed by atoms with E-state index in [1.807, 2.05) is 0 Å². The first-order valence-electron chi connectivity index (χ1n) is 8.53. The zero-order chi connectivity index (χ0) is 17.9. The van der Waals surface area contributed by atoms with Gasteiger partial charge in [0.1, 0.15) is 4.90 Å². The highest BCUT2D eigenvalue weighted by molar-refractivity contribution is 8.45. The third-order valence-corrected chi connectivity index (χ3v) is 5.82. The Bertz CT molecular complexity index is 586. The molecule has 1 unspecified atom stereocenters. The standard InChI is InChI=1S/C18H25F5S/c1-2-3-4-5-6-15-7-9-16(10-8-15)17-11-13-18(14-12-17)24(19,20,21,22)23/h9,11-15H,2-8,10H2,1H3. The lowest BCUT2D eigenvalue weighted by atomic mass is 9.84. The van der Waals surface area contributed by atoms with E-state index in [4.69, 9.17) is 0 Å². The summed E-state index contributed by atoms with van der Waals surface area (Å²) >= 11 is 0. The number of rotatable bonds is 7. The summed E-state index contributed by atoms with van der Waals surface area (Å²) in [5.74, 6) is 0.634. The van der Waals surface area contributed by atoms with Crippen molar-refractivity contribution in [2.24, 2.45) is 5.92 Å². The second-order valence-electron chi connectivity index (χ2n) is 6.71. The van der Waals surface area contributed by atoms with Gasteiger partial charge in [0.2, 0.25) is 0 Å². The van der Waals surface area contributed by atoms with Gasteiger partial charge in [-0.2, -0.15) is 0 Å². The molecule has 0 bridgehead atoms. The molecule has 0 saturated carbocycles. The molecule has 1 aromatic rings. The monoisotopic (exact) mass is 368 g/mol. The van der Waals surface area contributed by atoms with E-state index in [-0.39, 0.29) is 0 Å². The molecular formula is C18H25F5S. The van der Waals surface area contributed by atoms with E-state index in [0.717, 1.165) is 24.8 Å². The Hall–Kier alpha value is -1.04. The van der Waals surface area contributed by atoms with Gasteiger partial charge in [-0.05, 0) is 48.4 Å². The first kappa shape index (κ1) is 19.3. The van der Waals surface area contributed by atoms with Gasteiger partial charge in [0.15, 0.2) is 0 Å². The molecule has 0 spiro atoms. The van der Waals surface area contributed by atoms with Gasteiger partial charge in [0.05, 0.1) is 0 Å². The first-order valence-corrected chi connectivity index (χ1v) is 10.5. The molecule has 1 aliphatic rings. The maximum absolute atomic E-state index is 12.7. The van der Waals surface area contributed by atoms with Crippen LogP contribution in [0.3, 0.4) is 0 Å². The molecular weight excluding hydrogens is 343 g/mol. The zero-order valence-corrected chi connectivity index (χ0v) is 14.7. The van der Waals surface area contributed by atoms with Crippen molar-refractivity contribution in [2.45, 2.75) is 63.2 Å². The molecule has 1 atom stereocenters. The molecule has 2 rings (SSSR count). The molecule has 24 heavy (non-hydrogen) atoms. The molecule has 6 heteroatoms. The summed E-state index contributed by atoms with van der Waals surface area (Å²) in [6.45, 7) is 2.18. The molecule has 0 aromatic heterocycles. The fraction of sp³-hybridized carbons (Fsp3) is 0.556. The van der Waals surface area contributed by atoms with Crippen LogP contribution in [-0.4, -0.2) is 0 Å². The highest BCUT2D eigenvalue weighted by Crippen LogP contribution is 3.02. The van der Waals surface area contributed by atoms with Crippen molar-refractivity contribution in [3.63, 3.8) is 0 Å². The number of hydrogen-bond donors (Lipinski definition) is 0. The summed E-state index contributed by atoms with van der Waals surface area (Å²) in [7, 11) is -9.56. The van der Waals surface area contributed by atoms with Crippen LogP contribution in [0.15, 0.2) is 35.2 Å². The number of benzene rings is 1. The molecule has 0 radical (unpaired) electrons. The highest BCUT2D eigenvalue weighted by Gasteiger charge is 2.65. The molecule has 1 aliphatic carbocycles. The number of allylic oxidation sites excluding steroid dienone is 2. The van der Waals surface area contributed by atoms with Gasteiger partial charge in [-0.25, -0.2) is 0 Å². The first-order chi connectivity index (χ1) is 11.0. The van der Waals surface area contributed by atoms with Gasteiger partial charge >= 0.3 is 10.2 Å². The Kier molecular flexibility index (Phi) is 5.11. The average Bonchev–Trinajstić information content (AvgIpc) is 2.50. The molecule has 138 valence electrons. The molecule has 0 aliphatic heterocycles. The van der Waals surface area contributed by atoms with E-state index in [0.29, 0.717) is 23.6 Å². The SMILES string of the molecule is CCCCCCC1CC=C(c2ccc(S(F)(F)(F)(F)F)cc2)CC1. The van der Waals surface area contributed by atoms with Crippen LogP contribution in [0.2, 0.25) is 0 Å². The molecule has 0 heterocycles. The number of hydrogen-bond acceptors (Lipinski definition) is 0. The largest absolute Gasteiger partial charge is 0.310 e. The molecule has 1 aromatic carbocycles. The second-order valence-corrected chi connectivity index (χ2v) is 9.12. The molecule has 0 amide bonds. The van der Waals surface area contributed by atoms with Gasteiger partial charge in [0, 0.05) is 0 Å². The summed E-state index contributed by atoms with van der Waals surface area (Å²) < 4.78 is 63.7. The molecule has 0 saturated heterocycles. The van der Waals surface area contributed by atoms with E-state index < -0.39 is 15.1 Å². The molecule has 0 nitrogen and oxygen atoms in total. The van der Waals surface area contributed by atoms with Gasteiger partial charge in [-0.15, -0.1) is 0 Å². The predicted molar refractivity (Wildman–Crippen MR) is 91.9 cm³/mol. The summed E-state index contributed by atoms with van der Waals surface area (Å²) in [5.41, 5.74) is 1.58. The van der Waals surface area contributed by atoms with Crippen LogP contribution in [0.5, 0.6) is 0 Å². The van der Waals surface area contributed by atoms with Crippen LogP contribution in [0.25, 0.3) is 5.57 Å². The summed E-state index contributed by atoms with van der Waals surface area (Å²) in [4.78, 5) is -1.82. The highest BCUT2D eigenvalue weighted by atomic mass is 32.5. The lowest BCUT2D eigenvalue weighted by Gasteiger charge is -2.40. The van der Waals surface area contributed by atoms with Crippen molar-refractivity contribution >= 4 is 15.8 Å². The van der Waals surface area contributed by atoms with E-state index in [1.165, 1.54) is 44.2 Å². The summed E-state index contributed by atoms with van der Waals surface area (Å²) in [6.07, 6.45) is 10.9. The van der Waals surface area contributed by atoms with Crippen molar-refractivity contribution in [3.05, 3.63) is 35.9 Å². The molecule has 0 fully saturated rings. The third kappa shape index (κ3) is 5.50. The van der Waals surface area contributed by atoms with E-state index in [1.54, 1.807) is 0 Å².